The summed E-state index contributed by atoms with van der Waals surface area (Å²) >= 11 is 6.95. The summed E-state index contributed by atoms with van der Waals surface area (Å²) < 4.78 is 0.904. The molecule has 0 aromatic carbocycles. The molecule has 0 aromatic rings. The number of hydrogen-bond donors (Lipinski definition) is 0. The average Bonchev–Trinajstić information content (AvgIpc) is 2.98. The van der Waals surface area contributed by atoms with Crippen molar-refractivity contribution in [3.63, 3.8) is 0 Å². The first-order valence-corrected chi connectivity index (χ1v) is 9.14. The third-order valence-electron chi connectivity index (χ3n) is 4.61. The monoisotopic (exact) mass is 314 g/mol. The molecule has 2 aliphatic rings. The fourth-order valence-electron chi connectivity index (χ4n) is 3.05. The van der Waals surface area contributed by atoms with Crippen molar-refractivity contribution >= 4 is 34.2 Å². The van der Waals surface area contributed by atoms with E-state index in [1.165, 1.54) is 25.7 Å². The summed E-state index contributed by atoms with van der Waals surface area (Å²) in [5, 5.41) is 0. The molecule has 5 heteroatoms. The standard InChI is InChI=1S/C15H26N2OS2/c1-12-5-7-13(8-6-12)16(2)14(18)11-20-15(19)17-9-3-4-10-17/h12-13H,3-11H2,1-2H3. The molecular weight excluding hydrogens is 288 g/mol. The van der Waals surface area contributed by atoms with Gasteiger partial charge < -0.3 is 9.80 Å². The van der Waals surface area contributed by atoms with E-state index < -0.39 is 0 Å². The van der Waals surface area contributed by atoms with Crippen molar-refractivity contribution in [2.75, 3.05) is 25.9 Å². The predicted octanol–water partition coefficient (Wildman–Crippen LogP) is 3.14. The van der Waals surface area contributed by atoms with E-state index in [0.717, 1.165) is 36.2 Å². The third kappa shape index (κ3) is 4.35. The quantitative estimate of drug-likeness (QED) is 0.747. The van der Waals surface area contributed by atoms with E-state index in [-0.39, 0.29) is 5.91 Å². The van der Waals surface area contributed by atoms with Gasteiger partial charge in [-0.15, -0.1) is 0 Å². The van der Waals surface area contributed by atoms with Crippen molar-refractivity contribution in [2.45, 2.75) is 51.5 Å². The van der Waals surface area contributed by atoms with Gasteiger partial charge in [0.05, 0.1) is 5.75 Å². The molecule has 20 heavy (non-hydrogen) atoms. The second kappa shape index (κ2) is 7.64. The van der Waals surface area contributed by atoms with Crippen LogP contribution in [0.4, 0.5) is 0 Å². The van der Waals surface area contributed by atoms with Crippen molar-refractivity contribution in [3.05, 3.63) is 0 Å². The number of thiocarbonyl (C=S) groups is 1. The van der Waals surface area contributed by atoms with Crippen LogP contribution in [0.2, 0.25) is 0 Å². The molecule has 1 amide bonds. The first kappa shape index (κ1) is 16.1. The number of carbonyl (C=O) groups is 1. The highest BCUT2D eigenvalue weighted by Gasteiger charge is 2.25. The van der Waals surface area contributed by atoms with Gasteiger partial charge >= 0.3 is 0 Å². The average molecular weight is 315 g/mol. The molecule has 1 aliphatic heterocycles. The number of rotatable bonds is 3. The fourth-order valence-corrected chi connectivity index (χ4v) is 4.22. The molecule has 0 atom stereocenters. The summed E-state index contributed by atoms with van der Waals surface area (Å²) in [6.07, 6.45) is 7.28. The van der Waals surface area contributed by atoms with Gasteiger partial charge in [0.25, 0.3) is 0 Å². The van der Waals surface area contributed by atoms with E-state index in [0.29, 0.717) is 11.8 Å². The maximum atomic E-state index is 12.3. The summed E-state index contributed by atoms with van der Waals surface area (Å²) in [5.41, 5.74) is 0. The van der Waals surface area contributed by atoms with Crippen LogP contribution in [0.1, 0.15) is 45.4 Å². The van der Waals surface area contributed by atoms with Gasteiger partial charge in [-0.2, -0.15) is 0 Å². The molecule has 0 aromatic heterocycles. The van der Waals surface area contributed by atoms with Crippen LogP contribution in [0.25, 0.3) is 0 Å². The highest BCUT2D eigenvalue weighted by molar-refractivity contribution is 8.23. The Kier molecular flexibility index (Phi) is 6.15. The summed E-state index contributed by atoms with van der Waals surface area (Å²) in [7, 11) is 1.96. The Morgan fingerprint density at radius 1 is 1.25 bits per heavy atom. The summed E-state index contributed by atoms with van der Waals surface area (Å²) in [6, 6.07) is 0.444. The van der Waals surface area contributed by atoms with Crippen molar-refractivity contribution in [2.24, 2.45) is 5.92 Å². The molecule has 3 nitrogen and oxygen atoms in total. The zero-order valence-corrected chi connectivity index (χ0v) is 14.3. The largest absolute Gasteiger partial charge is 0.358 e. The lowest BCUT2D eigenvalue weighted by Gasteiger charge is -2.33. The molecule has 1 saturated heterocycles. The highest BCUT2D eigenvalue weighted by Crippen LogP contribution is 2.27. The van der Waals surface area contributed by atoms with Crippen LogP contribution in [0.5, 0.6) is 0 Å². The number of amides is 1. The normalized spacial score (nSPS) is 26.6. The second-order valence-electron chi connectivity index (χ2n) is 6.17. The van der Waals surface area contributed by atoms with Gasteiger partial charge in [-0.1, -0.05) is 30.9 Å². The van der Waals surface area contributed by atoms with Crippen molar-refractivity contribution < 1.29 is 4.79 Å². The van der Waals surface area contributed by atoms with Crippen LogP contribution in [0.15, 0.2) is 0 Å². The second-order valence-corrected chi connectivity index (χ2v) is 7.78. The third-order valence-corrected chi connectivity index (χ3v) is 6.12. The van der Waals surface area contributed by atoms with Crippen molar-refractivity contribution in [3.8, 4) is 0 Å². The molecule has 0 unspecified atom stereocenters. The van der Waals surface area contributed by atoms with E-state index in [1.807, 2.05) is 11.9 Å². The summed E-state index contributed by atoms with van der Waals surface area (Å²) in [4.78, 5) is 16.5. The van der Waals surface area contributed by atoms with Gasteiger partial charge in [0.1, 0.15) is 4.32 Å². The lowest BCUT2D eigenvalue weighted by atomic mass is 9.87. The Balaban J connectivity index is 1.72. The Bertz CT molecular complexity index is 348. The maximum absolute atomic E-state index is 12.3. The molecular formula is C15H26N2OS2. The first-order chi connectivity index (χ1) is 9.58. The lowest BCUT2D eigenvalue weighted by molar-refractivity contribution is -0.129. The highest BCUT2D eigenvalue weighted by atomic mass is 32.2. The molecule has 1 saturated carbocycles. The number of likely N-dealkylation sites (tertiary alicyclic amines) is 1. The van der Waals surface area contributed by atoms with Gasteiger partial charge in [-0.3, -0.25) is 4.79 Å². The molecule has 0 radical (unpaired) electrons. The SMILES string of the molecule is CC1CCC(N(C)C(=O)CSC(=S)N2CCCC2)CC1. The van der Waals surface area contributed by atoms with Crippen molar-refractivity contribution in [1.82, 2.24) is 9.80 Å². The number of hydrogen-bond acceptors (Lipinski definition) is 3. The number of thioether (sulfide) groups is 1. The van der Waals surface area contributed by atoms with Gasteiger partial charge in [0.2, 0.25) is 5.91 Å². The van der Waals surface area contributed by atoms with Crippen LogP contribution >= 0.6 is 24.0 Å². The van der Waals surface area contributed by atoms with Gasteiger partial charge in [-0.25, -0.2) is 0 Å². The Labute approximate surface area is 132 Å². The zero-order chi connectivity index (χ0) is 14.5. The van der Waals surface area contributed by atoms with Gasteiger partial charge in [0, 0.05) is 26.2 Å². The number of nitrogens with zero attached hydrogens (tertiary/aromatic N) is 2. The molecule has 2 rings (SSSR count). The van der Waals surface area contributed by atoms with Crippen LogP contribution < -0.4 is 0 Å². The zero-order valence-electron chi connectivity index (χ0n) is 12.6. The van der Waals surface area contributed by atoms with E-state index in [2.05, 4.69) is 11.8 Å². The minimum Gasteiger partial charge on any atom is -0.358 e. The lowest BCUT2D eigenvalue weighted by Crippen LogP contribution is -2.40. The van der Waals surface area contributed by atoms with E-state index >= 15 is 0 Å². The molecule has 114 valence electrons. The topological polar surface area (TPSA) is 23.6 Å². The molecule has 0 bridgehead atoms. The molecule has 1 heterocycles. The first-order valence-electron chi connectivity index (χ1n) is 7.75. The molecule has 0 N–H and O–H groups in total. The van der Waals surface area contributed by atoms with Gasteiger partial charge in [0.15, 0.2) is 0 Å². The Morgan fingerprint density at radius 2 is 1.85 bits per heavy atom. The van der Waals surface area contributed by atoms with E-state index in [9.17, 15) is 4.79 Å². The molecule has 2 fully saturated rings. The molecule has 0 spiro atoms. The Hall–Kier alpha value is -0.290. The number of carbonyl (C=O) groups excluding carboxylic acids is 1. The minimum absolute atomic E-state index is 0.232. The van der Waals surface area contributed by atoms with E-state index in [4.69, 9.17) is 12.2 Å². The van der Waals surface area contributed by atoms with E-state index in [1.54, 1.807) is 11.8 Å². The minimum atomic E-state index is 0.232. The van der Waals surface area contributed by atoms with Crippen LogP contribution in [0, 0.1) is 5.92 Å². The summed E-state index contributed by atoms with van der Waals surface area (Å²) in [6.45, 7) is 4.44. The van der Waals surface area contributed by atoms with Crippen molar-refractivity contribution in [1.29, 1.82) is 0 Å². The van der Waals surface area contributed by atoms with Crippen LogP contribution in [-0.2, 0) is 4.79 Å². The van der Waals surface area contributed by atoms with Gasteiger partial charge in [-0.05, 0) is 44.4 Å². The fraction of sp³-hybridized carbons (Fsp3) is 0.867. The summed E-state index contributed by atoms with van der Waals surface area (Å²) in [5.74, 6) is 1.56. The predicted molar refractivity (Wildman–Crippen MR) is 90.1 cm³/mol. The van der Waals surface area contributed by atoms with Crippen LogP contribution in [0.3, 0.4) is 0 Å². The van der Waals surface area contributed by atoms with Crippen LogP contribution in [-0.4, -0.2) is 52.0 Å². The smallest absolute Gasteiger partial charge is 0.233 e. The molecule has 1 aliphatic carbocycles. The Morgan fingerprint density at radius 3 is 2.45 bits per heavy atom. The maximum Gasteiger partial charge on any atom is 0.233 e.